The van der Waals surface area contributed by atoms with E-state index in [0.29, 0.717) is 11.4 Å². The van der Waals surface area contributed by atoms with Gasteiger partial charge in [0, 0.05) is 24.9 Å². The summed E-state index contributed by atoms with van der Waals surface area (Å²) in [5.41, 5.74) is 0.279. The minimum Gasteiger partial charge on any atom is -0.497 e. The number of anilines is 1. The number of nitrogens with one attached hydrogen (secondary N) is 1. The van der Waals surface area contributed by atoms with Gasteiger partial charge in [-0.25, -0.2) is 8.42 Å². The summed E-state index contributed by atoms with van der Waals surface area (Å²) in [4.78, 5) is 21.9. The number of methoxy groups -OCH3 is 1. The molecule has 0 aromatic heterocycles. The molecule has 0 fully saturated rings. The molecule has 0 unspecified atom stereocenters. The first-order valence-corrected chi connectivity index (χ1v) is 8.83. The van der Waals surface area contributed by atoms with Crippen LogP contribution in [0.25, 0.3) is 0 Å². The van der Waals surface area contributed by atoms with Crippen molar-refractivity contribution in [1.82, 2.24) is 4.31 Å². The van der Waals surface area contributed by atoms with Crippen molar-refractivity contribution < 1.29 is 22.9 Å². The van der Waals surface area contributed by atoms with Crippen LogP contribution in [0, 0.1) is 10.1 Å². The minimum absolute atomic E-state index is 0.136. The van der Waals surface area contributed by atoms with E-state index in [2.05, 4.69) is 5.32 Å². The van der Waals surface area contributed by atoms with Crippen LogP contribution in [-0.2, 0) is 14.8 Å². The minimum atomic E-state index is -3.95. The lowest BCUT2D eigenvalue weighted by Gasteiger charge is -2.17. The van der Waals surface area contributed by atoms with E-state index in [9.17, 15) is 23.3 Å². The lowest BCUT2D eigenvalue weighted by Crippen LogP contribution is -2.34. The van der Waals surface area contributed by atoms with E-state index in [4.69, 9.17) is 4.74 Å². The number of amides is 1. The third-order valence-electron chi connectivity index (χ3n) is 3.50. The van der Waals surface area contributed by atoms with Crippen LogP contribution >= 0.6 is 0 Å². The second-order valence-electron chi connectivity index (χ2n) is 5.29. The number of ether oxygens (including phenoxy) is 1. The molecule has 0 saturated carbocycles. The highest BCUT2D eigenvalue weighted by atomic mass is 32.2. The number of rotatable bonds is 7. The SMILES string of the molecule is COc1ccc(NC(=O)CN(C)S(=O)(=O)c2ccc([N+](=O)[O-])cc2)cc1. The Morgan fingerprint density at radius 3 is 2.23 bits per heavy atom. The van der Waals surface area contributed by atoms with Gasteiger partial charge >= 0.3 is 0 Å². The normalized spacial score (nSPS) is 11.2. The Hall–Kier alpha value is -2.98. The van der Waals surface area contributed by atoms with Gasteiger partial charge in [0.25, 0.3) is 5.69 Å². The van der Waals surface area contributed by atoms with Crippen LogP contribution in [0.1, 0.15) is 0 Å². The van der Waals surface area contributed by atoms with Crippen molar-refractivity contribution in [1.29, 1.82) is 0 Å². The van der Waals surface area contributed by atoms with Gasteiger partial charge in [0.15, 0.2) is 0 Å². The molecule has 0 aliphatic carbocycles. The number of non-ortho nitro benzene ring substituents is 1. The fourth-order valence-corrected chi connectivity index (χ4v) is 3.21. The number of carbonyl (C=O) groups excluding carboxylic acids is 1. The summed E-state index contributed by atoms with van der Waals surface area (Å²) >= 11 is 0. The first kappa shape index (κ1) is 19.3. The quantitative estimate of drug-likeness (QED) is 0.579. The average Bonchev–Trinajstić information content (AvgIpc) is 2.62. The largest absolute Gasteiger partial charge is 0.497 e. The summed E-state index contributed by atoms with van der Waals surface area (Å²) in [5, 5.41) is 13.2. The highest BCUT2D eigenvalue weighted by Crippen LogP contribution is 2.19. The Labute approximate surface area is 150 Å². The zero-order valence-electron chi connectivity index (χ0n) is 14.1. The highest BCUT2D eigenvalue weighted by molar-refractivity contribution is 7.89. The van der Waals surface area contributed by atoms with Gasteiger partial charge in [-0.3, -0.25) is 14.9 Å². The number of likely N-dealkylation sites (N-methyl/N-ethyl adjacent to an activating group) is 1. The molecule has 0 atom stereocenters. The molecule has 0 spiro atoms. The third-order valence-corrected chi connectivity index (χ3v) is 5.31. The maximum absolute atomic E-state index is 12.4. The molecule has 9 nitrogen and oxygen atoms in total. The summed E-state index contributed by atoms with van der Waals surface area (Å²) in [5.74, 6) is 0.101. The fraction of sp³-hybridized carbons (Fsp3) is 0.188. The number of benzene rings is 2. The van der Waals surface area contributed by atoms with Crippen molar-refractivity contribution in [3.63, 3.8) is 0 Å². The van der Waals surface area contributed by atoms with Crippen LogP contribution < -0.4 is 10.1 Å². The van der Waals surface area contributed by atoms with Gasteiger partial charge in [-0.1, -0.05) is 0 Å². The molecule has 0 bridgehead atoms. The summed E-state index contributed by atoms with van der Waals surface area (Å²) in [6.07, 6.45) is 0. The Bertz CT molecular complexity index is 895. The smallest absolute Gasteiger partial charge is 0.269 e. The van der Waals surface area contributed by atoms with Crippen LogP contribution in [0.5, 0.6) is 5.75 Å². The predicted molar refractivity (Wildman–Crippen MR) is 94.5 cm³/mol. The standard InChI is InChI=1S/C16H17N3O6S/c1-18(11-16(20)17-12-3-7-14(25-2)8-4-12)26(23,24)15-9-5-13(6-10-15)19(21)22/h3-10H,11H2,1-2H3,(H,17,20). The van der Waals surface area contributed by atoms with Gasteiger partial charge in [-0.15, -0.1) is 0 Å². The second-order valence-corrected chi connectivity index (χ2v) is 7.33. The summed E-state index contributed by atoms with van der Waals surface area (Å²) in [6.45, 7) is -0.411. The topological polar surface area (TPSA) is 119 Å². The van der Waals surface area contributed by atoms with E-state index in [1.54, 1.807) is 24.3 Å². The van der Waals surface area contributed by atoms with Crippen LogP contribution in [0.3, 0.4) is 0 Å². The predicted octanol–water partition coefficient (Wildman–Crippen LogP) is 1.86. The number of nitro groups is 1. The first-order chi connectivity index (χ1) is 12.2. The van der Waals surface area contributed by atoms with Gasteiger partial charge in [-0.2, -0.15) is 4.31 Å². The molecule has 2 aromatic rings. The van der Waals surface area contributed by atoms with Gasteiger partial charge in [-0.05, 0) is 36.4 Å². The molecule has 0 aliphatic rings. The Morgan fingerprint density at radius 1 is 1.15 bits per heavy atom. The van der Waals surface area contributed by atoms with Crippen LogP contribution in [-0.4, -0.2) is 44.3 Å². The maximum Gasteiger partial charge on any atom is 0.269 e. The van der Waals surface area contributed by atoms with E-state index >= 15 is 0 Å². The van der Waals surface area contributed by atoms with Crippen LogP contribution in [0.4, 0.5) is 11.4 Å². The van der Waals surface area contributed by atoms with Gasteiger partial charge in [0.05, 0.1) is 23.5 Å². The molecule has 2 aromatic carbocycles. The number of hydrogen-bond donors (Lipinski definition) is 1. The van der Waals surface area contributed by atoms with Gasteiger partial charge in [0.2, 0.25) is 15.9 Å². The van der Waals surface area contributed by atoms with Gasteiger partial charge in [0.1, 0.15) is 5.75 Å². The summed E-state index contributed by atoms with van der Waals surface area (Å²) in [6, 6.07) is 11.0. The first-order valence-electron chi connectivity index (χ1n) is 7.39. The molecular formula is C16H17N3O6S. The van der Waals surface area contributed by atoms with Crippen LogP contribution in [0.15, 0.2) is 53.4 Å². The van der Waals surface area contributed by atoms with Crippen molar-refractivity contribution in [2.75, 3.05) is 26.0 Å². The molecule has 1 amide bonds. The molecule has 0 radical (unpaired) electrons. The monoisotopic (exact) mass is 379 g/mol. The van der Waals surface area contributed by atoms with Crippen molar-refractivity contribution in [3.05, 3.63) is 58.6 Å². The Kier molecular flexibility index (Phi) is 5.90. The van der Waals surface area contributed by atoms with Gasteiger partial charge < -0.3 is 10.1 Å². The van der Waals surface area contributed by atoms with E-state index in [0.717, 1.165) is 28.6 Å². The lowest BCUT2D eigenvalue weighted by molar-refractivity contribution is -0.384. The van der Waals surface area contributed by atoms with Crippen molar-refractivity contribution in [3.8, 4) is 5.75 Å². The third kappa shape index (κ3) is 4.55. The number of sulfonamides is 1. The summed E-state index contributed by atoms with van der Waals surface area (Å²) in [7, 11) is -1.18. The summed E-state index contributed by atoms with van der Waals surface area (Å²) < 4.78 is 30.8. The van der Waals surface area contributed by atoms with E-state index in [1.165, 1.54) is 14.2 Å². The molecule has 1 N–H and O–H groups in total. The number of hydrogen-bond acceptors (Lipinski definition) is 6. The van der Waals surface area contributed by atoms with E-state index in [1.807, 2.05) is 0 Å². The molecule has 2 rings (SSSR count). The number of carbonyl (C=O) groups is 1. The molecule has 0 heterocycles. The van der Waals surface area contributed by atoms with E-state index < -0.39 is 27.4 Å². The number of nitro benzene ring substituents is 1. The molecule has 0 aliphatic heterocycles. The zero-order valence-corrected chi connectivity index (χ0v) is 14.9. The van der Waals surface area contributed by atoms with Crippen LogP contribution in [0.2, 0.25) is 0 Å². The molecule has 138 valence electrons. The molecular weight excluding hydrogens is 362 g/mol. The molecule has 26 heavy (non-hydrogen) atoms. The zero-order chi connectivity index (χ0) is 19.3. The Morgan fingerprint density at radius 2 is 1.73 bits per heavy atom. The lowest BCUT2D eigenvalue weighted by atomic mass is 10.3. The average molecular weight is 379 g/mol. The Balaban J connectivity index is 2.05. The second kappa shape index (κ2) is 7.93. The molecule has 0 saturated heterocycles. The van der Waals surface area contributed by atoms with E-state index in [-0.39, 0.29) is 10.6 Å². The highest BCUT2D eigenvalue weighted by Gasteiger charge is 2.23. The van der Waals surface area contributed by atoms with Crippen molar-refractivity contribution in [2.45, 2.75) is 4.90 Å². The maximum atomic E-state index is 12.4. The van der Waals surface area contributed by atoms with Crippen molar-refractivity contribution in [2.24, 2.45) is 0 Å². The molecule has 10 heteroatoms. The fourth-order valence-electron chi connectivity index (χ4n) is 2.08. The number of nitrogens with zero attached hydrogens (tertiary/aromatic N) is 2. The van der Waals surface area contributed by atoms with Crippen molar-refractivity contribution >= 4 is 27.3 Å².